The maximum atomic E-state index is 16.3. The zero-order valence-corrected chi connectivity index (χ0v) is 28.8. The summed E-state index contributed by atoms with van der Waals surface area (Å²) in [6.45, 7) is 10.9. The summed E-state index contributed by atoms with van der Waals surface area (Å²) < 4.78 is 94.9. The van der Waals surface area contributed by atoms with Crippen molar-refractivity contribution in [1.82, 2.24) is 4.31 Å². The second-order valence-electron chi connectivity index (χ2n) is 14.0. The van der Waals surface area contributed by atoms with Crippen LogP contribution < -0.4 is 4.90 Å². The number of halogens is 6. The molecule has 0 atom stereocenters. The minimum atomic E-state index is -4.00. The lowest BCUT2D eigenvalue weighted by Gasteiger charge is -2.35. The lowest BCUT2D eigenvalue weighted by molar-refractivity contribution is 0.0354. The van der Waals surface area contributed by atoms with Crippen molar-refractivity contribution in [2.24, 2.45) is 0 Å². The Kier molecular flexibility index (Phi) is 8.67. The number of hydrogen-bond acceptors (Lipinski definition) is 3. The highest BCUT2D eigenvalue weighted by Gasteiger charge is 2.45. The molecule has 2 aliphatic carbocycles. The Morgan fingerprint density at radius 2 is 1.51 bits per heavy atom. The van der Waals surface area contributed by atoms with Crippen LogP contribution in [0.5, 0.6) is 0 Å². The fraction of sp³-hybridized carbons (Fsp3) is 0.350. The van der Waals surface area contributed by atoms with Gasteiger partial charge in [-0.15, -0.1) is 0 Å². The van der Waals surface area contributed by atoms with Gasteiger partial charge in [-0.25, -0.2) is 21.9 Å². The van der Waals surface area contributed by atoms with E-state index in [9.17, 15) is 4.39 Å². The number of benzene rings is 4. The van der Waals surface area contributed by atoms with E-state index in [1.807, 2.05) is 26.0 Å². The molecule has 1 aliphatic heterocycles. The molecule has 1 heterocycles. The van der Waals surface area contributed by atoms with Crippen LogP contribution in [0.25, 0.3) is 0 Å². The van der Waals surface area contributed by atoms with Crippen molar-refractivity contribution in [2.75, 3.05) is 11.4 Å². The van der Waals surface area contributed by atoms with E-state index < -0.39 is 57.3 Å². The number of alkyl halides is 2. The highest BCUT2D eigenvalue weighted by molar-refractivity contribution is 7.97. The number of rotatable bonds is 8. The first-order valence-corrected chi connectivity index (χ1v) is 17.4. The lowest BCUT2D eigenvalue weighted by Crippen LogP contribution is -2.33. The van der Waals surface area contributed by atoms with Crippen molar-refractivity contribution in [2.45, 2.75) is 89.1 Å². The van der Waals surface area contributed by atoms with Crippen LogP contribution in [0, 0.1) is 51.0 Å². The molecule has 2 saturated carbocycles. The van der Waals surface area contributed by atoms with Crippen molar-refractivity contribution >= 4 is 17.6 Å². The predicted molar refractivity (Wildman–Crippen MR) is 183 cm³/mol. The van der Waals surface area contributed by atoms with Crippen LogP contribution in [0.1, 0.15) is 93.2 Å². The van der Waals surface area contributed by atoms with Gasteiger partial charge in [0, 0.05) is 53.8 Å². The third-order valence-corrected chi connectivity index (χ3v) is 11.2. The number of aryl methyl sites for hydroxylation is 2. The molecule has 0 N–H and O–H groups in total. The van der Waals surface area contributed by atoms with Crippen LogP contribution in [0.3, 0.4) is 0 Å². The normalized spacial score (nSPS) is 17.3. The smallest absolute Gasteiger partial charge is 0.300 e. The van der Waals surface area contributed by atoms with Gasteiger partial charge in [-0.2, -0.15) is 8.78 Å². The van der Waals surface area contributed by atoms with Gasteiger partial charge in [0.25, 0.3) is 5.92 Å². The Bertz CT molecular complexity index is 1970. The number of nitrogens with zero attached hydrogens (tertiary/aromatic N) is 2. The topological polar surface area (TPSA) is 6.48 Å². The molecule has 0 radical (unpaired) electrons. The summed E-state index contributed by atoms with van der Waals surface area (Å²) in [7, 11) is 0. The van der Waals surface area contributed by atoms with E-state index >= 15 is 22.0 Å². The molecule has 3 aliphatic rings. The maximum Gasteiger partial charge on any atom is 0.300 e. The van der Waals surface area contributed by atoms with Crippen LogP contribution in [0.4, 0.5) is 32.0 Å². The highest BCUT2D eigenvalue weighted by atomic mass is 32.2. The zero-order valence-electron chi connectivity index (χ0n) is 28.0. The van der Waals surface area contributed by atoms with Crippen molar-refractivity contribution in [1.29, 1.82) is 0 Å². The second-order valence-corrected chi connectivity index (χ2v) is 15.1. The van der Waals surface area contributed by atoms with Gasteiger partial charge in [0.1, 0.15) is 11.6 Å². The quantitative estimate of drug-likeness (QED) is 0.134. The van der Waals surface area contributed by atoms with Crippen LogP contribution >= 0.6 is 11.9 Å². The molecule has 0 spiro atoms. The summed E-state index contributed by atoms with van der Waals surface area (Å²) >= 11 is 0.607. The van der Waals surface area contributed by atoms with E-state index in [1.165, 1.54) is 55.0 Å². The number of fused-ring (bicyclic) bond motifs is 2. The molecule has 0 amide bonds. The molecule has 0 unspecified atom stereocenters. The molecule has 7 rings (SSSR count). The molecule has 4 aromatic carbocycles. The summed E-state index contributed by atoms with van der Waals surface area (Å²) in [6.07, 6.45) is 4.69. The monoisotopic (exact) mass is 692 g/mol. The summed E-state index contributed by atoms with van der Waals surface area (Å²) in [6, 6.07) is 14.1. The number of hydrogen-bond donors (Lipinski definition) is 0. The Labute approximate surface area is 288 Å². The van der Waals surface area contributed by atoms with Crippen LogP contribution in [-0.2, 0) is 19.0 Å². The van der Waals surface area contributed by atoms with Gasteiger partial charge in [-0.1, -0.05) is 42.5 Å². The van der Waals surface area contributed by atoms with Gasteiger partial charge in [-0.05, 0) is 123 Å². The molecule has 0 saturated heterocycles. The zero-order chi connectivity index (χ0) is 34.9. The van der Waals surface area contributed by atoms with Crippen molar-refractivity contribution in [3.05, 3.63) is 140 Å². The van der Waals surface area contributed by atoms with Gasteiger partial charge in [-0.3, -0.25) is 0 Å². The third-order valence-electron chi connectivity index (χ3n) is 10.1. The molecule has 0 bridgehead atoms. The van der Waals surface area contributed by atoms with Gasteiger partial charge >= 0.3 is 0 Å². The maximum absolute atomic E-state index is 16.3. The summed E-state index contributed by atoms with van der Waals surface area (Å²) in [4.78, 5) is 1.45. The third kappa shape index (κ3) is 6.40. The van der Waals surface area contributed by atoms with Crippen molar-refractivity contribution < 1.29 is 26.3 Å². The molecule has 2 fully saturated rings. The van der Waals surface area contributed by atoms with E-state index in [4.69, 9.17) is 0 Å². The number of anilines is 1. The standard InChI is InChI=1S/C40H38F6N2S/c1-21-6-11-35(22(2)12-21)48(19-26-13-29(27-7-8-27)15-30(14-26)28-9-10-28)23(3)18-47-20-32-33(16-31(41)17-34(32)42)40(45,46)36-24(4)25(5)37(43)38(44)39(36)49-47/h6,11-17,27-28H,3,7-10,18-20H2,1-2,4-5H3. The molecule has 4 aromatic rings. The fourth-order valence-electron chi connectivity index (χ4n) is 7.05. The fourth-order valence-corrected chi connectivity index (χ4v) is 8.26. The molecule has 9 heteroatoms. The highest BCUT2D eigenvalue weighted by Crippen LogP contribution is 2.50. The first-order chi connectivity index (χ1) is 23.2. The van der Waals surface area contributed by atoms with Crippen molar-refractivity contribution in [3.63, 3.8) is 0 Å². The minimum Gasteiger partial charge on any atom is -0.340 e. The van der Waals surface area contributed by atoms with Crippen molar-refractivity contribution in [3.8, 4) is 0 Å². The van der Waals surface area contributed by atoms with Gasteiger partial charge < -0.3 is 4.90 Å². The molecule has 49 heavy (non-hydrogen) atoms. The Morgan fingerprint density at radius 3 is 2.12 bits per heavy atom. The summed E-state index contributed by atoms with van der Waals surface area (Å²) in [5.41, 5.74) is 4.72. The average Bonchev–Trinajstić information content (AvgIpc) is 3.95. The Balaban J connectivity index is 1.31. The van der Waals surface area contributed by atoms with Crippen LogP contribution in [0.15, 0.2) is 65.7 Å². The van der Waals surface area contributed by atoms with E-state index in [0.717, 1.165) is 22.4 Å². The molecule has 0 aromatic heterocycles. The summed E-state index contributed by atoms with van der Waals surface area (Å²) in [5.74, 6) is -7.84. The minimum absolute atomic E-state index is 0.0228. The molecule has 256 valence electrons. The van der Waals surface area contributed by atoms with Crippen LogP contribution in [0.2, 0.25) is 0 Å². The van der Waals surface area contributed by atoms with Gasteiger partial charge in [0.05, 0.1) is 4.90 Å². The first-order valence-electron chi connectivity index (χ1n) is 16.7. The van der Waals surface area contributed by atoms with Gasteiger partial charge in [0.15, 0.2) is 11.6 Å². The average molecular weight is 693 g/mol. The van der Waals surface area contributed by atoms with E-state index in [-0.39, 0.29) is 17.7 Å². The van der Waals surface area contributed by atoms with E-state index in [0.29, 0.717) is 48.2 Å². The SMILES string of the molecule is C=C(CN1Cc2c(F)cc(F)cc2C(F)(F)c2c(C)c(C)c(F)c(F)c2S1)N(Cc1cc(C2CC2)cc(C2CC2)c1)c1ccc(C)cc1C. The van der Waals surface area contributed by atoms with Gasteiger partial charge in [0.2, 0.25) is 0 Å². The molecule has 2 nitrogen and oxygen atoms in total. The molecular weight excluding hydrogens is 655 g/mol. The van der Waals surface area contributed by atoms with E-state index in [2.05, 4.69) is 35.7 Å². The van der Waals surface area contributed by atoms with Crippen LogP contribution in [-0.4, -0.2) is 10.8 Å². The Morgan fingerprint density at radius 1 is 0.857 bits per heavy atom. The Hall–Kier alpha value is -3.69. The summed E-state index contributed by atoms with van der Waals surface area (Å²) in [5, 5.41) is 0. The molecular formula is C40H38F6N2S. The second kappa shape index (κ2) is 12.6. The first kappa shape index (κ1) is 33.8. The largest absolute Gasteiger partial charge is 0.340 e. The lowest BCUT2D eigenvalue weighted by atomic mass is 9.90. The predicted octanol–water partition coefficient (Wildman–Crippen LogP) is 11.4. The van der Waals surface area contributed by atoms with E-state index in [1.54, 1.807) is 0 Å².